The first kappa shape index (κ1) is 24.4. The van der Waals surface area contributed by atoms with E-state index in [1.807, 2.05) is 11.9 Å². The number of aliphatic carboxylic acids is 1. The molecule has 0 spiro atoms. The average Bonchev–Trinajstić information content (AvgIpc) is 2.80. The second kappa shape index (κ2) is 10.2. The summed E-state index contributed by atoms with van der Waals surface area (Å²) in [6.07, 6.45) is 0.109. The fourth-order valence-corrected chi connectivity index (χ4v) is 5.58. The van der Waals surface area contributed by atoms with Crippen molar-refractivity contribution < 1.29 is 32.6 Å². The molecule has 11 heteroatoms. The van der Waals surface area contributed by atoms with Gasteiger partial charge in [-0.25, -0.2) is 8.42 Å². The first-order chi connectivity index (χ1) is 15.2. The summed E-state index contributed by atoms with van der Waals surface area (Å²) in [4.78, 5) is 28.7. The van der Waals surface area contributed by atoms with Gasteiger partial charge in [-0.05, 0) is 44.2 Å². The lowest BCUT2D eigenvalue weighted by molar-refractivity contribution is -0.147. The molecule has 2 N–H and O–H groups in total. The summed E-state index contributed by atoms with van der Waals surface area (Å²) in [5.41, 5.74) is -1.43. The number of nitrogens with one attached hydrogen (secondary N) is 1. The third-order valence-corrected chi connectivity index (χ3v) is 8.14. The summed E-state index contributed by atoms with van der Waals surface area (Å²) in [6.45, 7) is 2.55. The summed E-state index contributed by atoms with van der Waals surface area (Å²) in [6, 6.07) is 5.86. The molecule has 1 aromatic rings. The molecule has 0 saturated carbocycles. The van der Waals surface area contributed by atoms with Gasteiger partial charge in [0.1, 0.15) is 16.7 Å². The maximum Gasteiger partial charge on any atom is 0.324 e. The monoisotopic (exact) mass is 469 g/mol. The van der Waals surface area contributed by atoms with Crippen molar-refractivity contribution in [3.05, 3.63) is 24.3 Å². The topological polar surface area (TPSA) is 125 Å². The van der Waals surface area contributed by atoms with Gasteiger partial charge in [-0.2, -0.15) is 0 Å². The summed E-state index contributed by atoms with van der Waals surface area (Å²) >= 11 is 0. The Hall–Kier alpha value is -2.21. The third-order valence-electron chi connectivity index (χ3n) is 6.17. The molecule has 3 rings (SSSR count). The van der Waals surface area contributed by atoms with Crippen LogP contribution in [0.2, 0.25) is 0 Å². The predicted octanol–water partition coefficient (Wildman–Crippen LogP) is 0.183. The summed E-state index contributed by atoms with van der Waals surface area (Å²) in [5.74, 6) is -0.967. The Balaban J connectivity index is 1.92. The predicted molar refractivity (Wildman–Crippen MR) is 116 cm³/mol. The van der Waals surface area contributed by atoms with Gasteiger partial charge in [0, 0.05) is 26.2 Å². The van der Waals surface area contributed by atoms with Crippen molar-refractivity contribution >= 4 is 21.7 Å². The molecule has 0 aromatic heterocycles. The standard InChI is InChI=1S/C21H31N3O7S/c1-23-9-7-21(8-10-23,20(26)27)22-18(15-19(25)24-11-13-31-14-12-24)32(28,29)17-5-3-16(30-2)4-6-17/h3-6,18,22H,7-15H2,1-2H3,(H,26,27). The van der Waals surface area contributed by atoms with Gasteiger partial charge in [0.25, 0.3) is 0 Å². The number of ether oxygens (including phenoxy) is 2. The van der Waals surface area contributed by atoms with Gasteiger partial charge in [0.2, 0.25) is 5.91 Å². The number of nitrogens with zero attached hydrogens (tertiary/aromatic N) is 2. The van der Waals surface area contributed by atoms with E-state index in [2.05, 4.69) is 5.32 Å². The number of hydrogen-bond donors (Lipinski definition) is 2. The Kier molecular flexibility index (Phi) is 7.75. The van der Waals surface area contributed by atoms with Crippen molar-refractivity contribution in [3.8, 4) is 5.75 Å². The van der Waals surface area contributed by atoms with E-state index in [1.54, 1.807) is 4.90 Å². The minimum absolute atomic E-state index is 0.000885. The molecule has 32 heavy (non-hydrogen) atoms. The molecule has 2 aliphatic rings. The number of sulfone groups is 1. The van der Waals surface area contributed by atoms with Crippen LogP contribution in [0, 0.1) is 0 Å². The quantitative estimate of drug-likeness (QED) is 0.548. The number of likely N-dealkylation sites (tertiary alicyclic amines) is 1. The Morgan fingerprint density at radius 3 is 2.28 bits per heavy atom. The number of carboxylic acids is 1. The molecular formula is C21H31N3O7S. The number of carbonyl (C=O) groups excluding carboxylic acids is 1. The Morgan fingerprint density at radius 1 is 1.16 bits per heavy atom. The second-order valence-corrected chi connectivity index (χ2v) is 10.4. The second-order valence-electron chi connectivity index (χ2n) is 8.24. The number of methoxy groups -OCH3 is 1. The molecule has 10 nitrogen and oxygen atoms in total. The van der Waals surface area contributed by atoms with Gasteiger partial charge < -0.3 is 24.4 Å². The van der Waals surface area contributed by atoms with Crippen LogP contribution in [0.3, 0.4) is 0 Å². The van der Waals surface area contributed by atoms with Crippen LogP contribution < -0.4 is 10.1 Å². The van der Waals surface area contributed by atoms with Crippen LogP contribution in [0.1, 0.15) is 19.3 Å². The normalized spacial score (nSPS) is 20.5. The number of carbonyl (C=O) groups is 2. The van der Waals surface area contributed by atoms with Crippen LogP contribution in [0.4, 0.5) is 0 Å². The number of benzene rings is 1. The Labute approximate surface area is 188 Å². The molecule has 2 heterocycles. The van der Waals surface area contributed by atoms with E-state index in [1.165, 1.54) is 31.4 Å². The fourth-order valence-electron chi connectivity index (χ4n) is 4.00. The molecule has 2 aliphatic heterocycles. The lowest BCUT2D eigenvalue weighted by Gasteiger charge is -2.40. The zero-order valence-corrected chi connectivity index (χ0v) is 19.3. The van der Waals surface area contributed by atoms with E-state index in [0.717, 1.165) is 0 Å². The van der Waals surface area contributed by atoms with E-state index in [0.29, 0.717) is 45.1 Å². The number of rotatable bonds is 8. The molecule has 0 radical (unpaired) electrons. The van der Waals surface area contributed by atoms with Gasteiger partial charge in [-0.15, -0.1) is 0 Å². The van der Waals surface area contributed by atoms with Crippen LogP contribution in [-0.4, -0.2) is 99.7 Å². The van der Waals surface area contributed by atoms with E-state index in [-0.39, 0.29) is 30.1 Å². The smallest absolute Gasteiger partial charge is 0.324 e. The van der Waals surface area contributed by atoms with E-state index < -0.39 is 26.7 Å². The van der Waals surface area contributed by atoms with Crippen LogP contribution in [0.25, 0.3) is 0 Å². The SMILES string of the molecule is COc1ccc(S(=O)(=O)C(CC(=O)N2CCOCC2)NC2(C(=O)O)CCN(C)CC2)cc1. The summed E-state index contributed by atoms with van der Waals surface area (Å²) in [5, 5.41) is 11.5. The molecule has 2 fully saturated rings. The van der Waals surface area contributed by atoms with Crippen LogP contribution in [-0.2, 0) is 24.2 Å². The van der Waals surface area contributed by atoms with Gasteiger partial charge in [0.05, 0.1) is 31.6 Å². The third kappa shape index (κ3) is 5.40. The summed E-state index contributed by atoms with van der Waals surface area (Å²) < 4.78 is 37.5. The minimum atomic E-state index is -4.07. The highest BCUT2D eigenvalue weighted by molar-refractivity contribution is 7.92. The number of piperidine rings is 1. The largest absolute Gasteiger partial charge is 0.497 e. The van der Waals surface area contributed by atoms with Crippen molar-refractivity contribution in [3.63, 3.8) is 0 Å². The molecule has 1 aromatic carbocycles. The lowest BCUT2D eigenvalue weighted by Crippen LogP contribution is -2.62. The maximum absolute atomic E-state index is 13.6. The average molecular weight is 470 g/mol. The van der Waals surface area contributed by atoms with Crippen molar-refractivity contribution in [2.75, 3.05) is 53.6 Å². The highest BCUT2D eigenvalue weighted by Gasteiger charge is 2.46. The van der Waals surface area contributed by atoms with Gasteiger partial charge in [-0.1, -0.05) is 0 Å². The zero-order chi connectivity index (χ0) is 23.4. The van der Waals surface area contributed by atoms with Crippen molar-refractivity contribution in [1.82, 2.24) is 15.1 Å². The molecule has 1 unspecified atom stereocenters. The maximum atomic E-state index is 13.6. The van der Waals surface area contributed by atoms with Crippen molar-refractivity contribution in [2.24, 2.45) is 0 Å². The Morgan fingerprint density at radius 2 is 1.75 bits per heavy atom. The van der Waals surface area contributed by atoms with Crippen LogP contribution >= 0.6 is 0 Å². The van der Waals surface area contributed by atoms with Gasteiger partial charge >= 0.3 is 5.97 Å². The van der Waals surface area contributed by atoms with Crippen LogP contribution in [0.5, 0.6) is 5.75 Å². The minimum Gasteiger partial charge on any atom is -0.497 e. The molecule has 2 saturated heterocycles. The zero-order valence-electron chi connectivity index (χ0n) is 18.5. The van der Waals surface area contributed by atoms with Crippen molar-refractivity contribution in [1.29, 1.82) is 0 Å². The van der Waals surface area contributed by atoms with Gasteiger partial charge in [0.15, 0.2) is 9.84 Å². The number of hydrogen-bond acceptors (Lipinski definition) is 8. The molecular weight excluding hydrogens is 438 g/mol. The molecule has 0 bridgehead atoms. The molecule has 1 amide bonds. The number of amides is 1. The van der Waals surface area contributed by atoms with Gasteiger partial charge in [-0.3, -0.25) is 14.9 Å². The van der Waals surface area contributed by atoms with E-state index >= 15 is 0 Å². The highest BCUT2D eigenvalue weighted by atomic mass is 32.2. The Bertz CT molecular complexity index is 906. The van der Waals surface area contributed by atoms with Crippen LogP contribution in [0.15, 0.2) is 29.2 Å². The number of carboxylic acid groups (broad SMARTS) is 1. The molecule has 178 valence electrons. The van der Waals surface area contributed by atoms with Crippen molar-refractivity contribution in [2.45, 2.75) is 35.1 Å². The molecule has 0 aliphatic carbocycles. The summed E-state index contributed by atoms with van der Waals surface area (Å²) in [7, 11) is -0.701. The lowest BCUT2D eigenvalue weighted by atomic mass is 9.87. The molecule has 1 atom stereocenters. The van der Waals surface area contributed by atoms with E-state index in [9.17, 15) is 23.1 Å². The highest BCUT2D eigenvalue weighted by Crippen LogP contribution is 2.28. The fraction of sp³-hybridized carbons (Fsp3) is 0.619. The first-order valence-corrected chi connectivity index (χ1v) is 12.2. The first-order valence-electron chi connectivity index (χ1n) is 10.6. The number of morpholine rings is 1. The van der Waals surface area contributed by atoms with E-state index in [4.69, 9.17) is 9.47 Å².